The first-order valence-corrected chi connectivity index (χ1v) is 7.17. The second-order valence-electron chi connectivity index (χ2n) is 6.17. The molecule has 1 aromatic carbocycles. The number of aliphatic carboxylic acids is 1. The van der Waals surface area contributed by atoms with Gasteiger partial charge in [-0.05, 0) is 37.1 Å². The number of aromatic nitrogens is 1. The van der Waals surface area contributed by atoms with E-state index in [1.54, 1.807) is 0 Å². The van der Waals surface area contributed by atoms with Crippen LogP contribution in [0.5, 0.6) is 0 Å². The largest absolute Gasteiger partial charge is 0.481 e. The summed E-state index contributed by atoms with van der Waals surface area (Å²) in [6.07, 6.45) is 3.89. The summed E-state index contributed by atoms with van der Waals surface area (Å²) in [7, 11) is 2.06. The van der Waals surface area contributed by atoms with E-state index in [1.807, 2.05) is 0 Å². The van der Waals surface area contributed by atoms with Gasteiger partial charge in [-0.1, -0.05) is 12.1 Å². The minimum Gasteiger partial charge on any atom is -0.481 e. The highest BCUT2D eigenvalue weighted by molar-refractivity contribution is 5.88. The molecule has 104 valence electrons. The van der Waals surface area contributed by atoms with Crippen LogP contribution < -0.4 is 0 Å². The molecule has 4 rings (SSSR count). The minimum atomic E-state index is -0.664. The highest BCUT2D eigenvalue weighted by Gasteiger charge is 2.41. The highest BCUT2D eigenvalue weighted by Crippen LogP contribution is 2.44. The van der Waals surface area contributed by atoms with Crippen LogP contribution in [0, 0.1) is 5.92 Å². The Hall–Kier alpha value is -1.81. The van der Waals surface area contributed by atoms with Crippen molar-refractivity contribution in [3.63, 3.8) is 0 Å². The molecule has 1 aliphatic carbocycles. The van der Waals surface area contributed by atoms with Crippen molar-refractivity contribution >= 4 is 16.9 Å². The molecule has 1 aromatic heterocycles. The van der Waals surface area contributed by atoms with Crippen molar-refractivity contribution in [2.24, 2.45) is 5.92 Å². The van der Waals surface area contributed by atoms with Crippen LogP contribution in [0.25, 0.3) is 10.9 Å². The monoisotopic (exact) mass is 270 g/mol. The van der Waals surface area contributed by atoms with Gasteiger partial charge in [-0.3, -0.25) is 4.79 Å². The molecule has 0 spiro atoms. The van der Waals surface area contributed by atoms with Gasteiger partial charge in [0.1, 0.15) is 0 Å². The van der Waals surface area contributed by atoms with E-state index < -0.39 is 5.97 Å². The smallest absolute Gasteiger partial charge is 0.307 e. The molecule has 0 bridgehead atoms. The molecule has 1 fully saturated rings. The van der Waals surface area contributed by atoms with Crippen molar-refractivity contribution in [2.45, 2.75) is 24.8 Å². The maximum absolute atomic E-state index is 11.4. The van der Waals surface area contributed by atoms with Gasteiger partial charge in [-0.15, -0.1) is 0 Å². The van der Waals surface area contributed by atoms with Crippen LogP contribution in [0.4, 0.5) is 0 Å². The predicted octanol–water partition coefficient (Wildman–Crippen LogP) is 2.21. The number of aromatic amines is 1. The number of fused-ring (bicyclic) bond motifs is 2. The maximum Gasteiger partial charge on any atom is 0.307 e. The van der Waals surface area contributed by atoms with Crippen molar-refractivity contribution in [1.29, 1.82) is 0 Å². The summed E-state index contributed by atoms with van der Waals surface area (Å²) in [5.74, 6) is -0.582. The average Bonchev–Trinajstić information content (AvgIpc) is 2.84. The van der Waals surface area contributed by atoms with Crippen molar-refractivity contribution in [1.82, 2.24) is 9.88 Å². The Morgan fingerprint density at radius 1 is 1.45 bits per heavy atom. The molecule has 0 amide bonds. The fraction of sp³-hybridized carbons (Fsp3) is 0.438. The Bertz CT molecular complexity index is 691. The zero-order valence-electron chi connectivity index (χ0n) is 11.5. The first-order chi connectivity index (χ1) is 9.65. The van der Waals surface area contributed by atoms with Crippen LogP contribution >= 0.6 is 0 Å². The molecule has 20 heavy (non-hydrogen) atoms. The molecule has 2 N–H and O–H groups in total. The number of nitrogens with zero attached hydrogens (tertiary/aromatic N) is 1. The van der Waals surface area contributed by atoms with Crippen LogP contribution in [-0.4, -0.2) is 40.6 Å². The molecular formula is C16H18N2O2. The number of piperidine rings is 1. The predicted molar refractivity (Wildman–Crippen MR) is 76.9 cm³/mol. The second kappa shape index (κ2) is 4.09. The lowest BCUT2D eigenvalue weighted by Crippen LogP contribution is -2.49. The number of hydrogen-bond donors (Lipinski definition) is 2. The van der Waals surface area contributed by atoms with Gasteiger partial charge in [0, 0.05) is 35.6 Å². The molecule has 2 unspecified atom stereocenters. The second-order valence-corrected chi connectivity index (χ2v) is 6.17. The summed E-state index contributed by atoms with van der Waals surface area (Å²) in [6, 6.07) is 6.78. The molecule has 2 aromatic rings. The van der Waals surface area contributed by atoms with Crippen LogP contribution in [0.3, 0.4) is 0 Å². The maximum atomic E-state index is 11.4. The summed E-state index contributed by atoms with van der Waals surface area (Å²) in [4.78, 5) is 17.0. The summed E-state index contributed by atoms with van der Waals surface area (Å²) >= 11 is 0. The Balaban J connectivity index is 1.85. The first-order valence-electron chi connectivity index (χ1n) is 7.17. The van der Waals surface area contributed by atoms with Gasteiger partial charge >= 0.3 is 5.97 Å². The van der Waals surface area contributed by atoms with E-state index in [0.29, 0.717) is 18.5 Å². The Morgan fingerprint density at radius 3 is 3.10 bits per heavy atom. The molecule has 1 aliphatic heterocycles. The van der Waals surface area contributed by atoms with Crippen LogP contribution in [0.1, 0.15) is 23.5 Å². The van der Waals surface area contributed by atoms with E-state index in [2.05, 4.69) is 41.3 Å². The topological polar surface area (TPSA) is 56.3 Å². The van der Waals surface area contributed by atoms with Gasteiger partial charge in [-0.25, -0.2) is 0 Å². The van der Waals surface area contributed by atoms with Crippen LogP contribution in [-0.2, 0) is 11.2 Å². The number of likely N-dealkylation sites (tertiary alicyclic amines) is 1. The fourth-order valence-corrected chi connectivity index (χ4v) is 4.12. The number of carboxylic acids is 1. The Morgan fingerprint density at radius 2 is 2.30 bits per heavy atom. The summed E-state index contributed by atoms with van der Waals surface area (Å²) in [6.45, 7) is 0.659. The minimum absolute atomic E-state index is 0.253. The summed E-state index contributed by atoms with van der Waals surface area (Å²) in [5, 5.41) is 10.7. The highest BCUT2D eigenvalue weighted by atomic mass is 16.4. The van der Waals surface area contributed by atoms with Crippen molar-refractivity contribution < 1.29 is 9.90 Å². The fourth-order valence-electron chi connectivity index (χ4n) is 4.12. The third-order valence-electron chi connectivity index (χ3n) is 5.07. The van der Waals surface area contributed by atoms with Gasteiger partial charge in [0.25, 0.3) is 0 Å². The molecule has 2 heterocycles. The van der Waals surface area contributed by atoms with Crippen molar-refractivity contribution in [2.75, 3.05) is 13.6 Å². The normalized spacial score (nSPS) is 29.4. The Kier molecular flexibility index (Phi) is 2.45. The number of nitrogens with one attached hydrogen (secondary N) is 1. The molecule has 0 saturated carbocycles. The zero-order valence-corrected chi connectivity index (χ0v) is 11.5. The number of likely N-dealkylation sites (N-methyl/N-ethyl adjacent to an activating group) is 1. The summed E-state index contributed by atoms with van der Waals surface area (Å²) in [5.41, 5.74) is 3.88. The molecule has 1 saturated heterocycles. The van der Waals surface area contributed by atoms with E-state index in [4.69, 9.17) is 0 Å². The van der Waals surface area contributed by atoms with Gasteiger partial charge in [0.05, 0.1) is 5.92 Å². The van der Waals surface area contributed by atoms with E-state index >= 15 is 0 Å². The van der Waals surface area contributed by atoms with Crippen LogP contribution in [0.2, 0.25) is 0 Å². The van der Waals surface area contributed by atoms with E-state index in [0.717, 1.165) is 12.8 Å². The van der Waals surface area contributed by atoms with Crippen molar-refractivity contribution in [3.05, 3.63) is 35.5 Å². The molecular weight excluding hydrogens is 252 g/mol. The lowest BCUT2D eigenvalue weighted by molar-refractivity contribution is -0.144. The van der Waals surface area contributed by atoms with Crippen LogP contribution in [0.15, 0.2) is 24.4 Å². The summed E-state index contributed by atoms with van der Waals surface area (Å²) < 4.78 is 0. The number of carboxylic acid groups (broad SMARTS) is 1. The third-order valence-corrected chi connectivity index (χ3v) is 5.07. The number of carbonyl (C=O) groups is 1. The number of hydrogen-bond acceptors (Lipinski definition) is 2. The quantitative estimate of drug-likeness (QED) is 0.835. The van der Waals surface area contributed by atoms with E-state index in [-0.39, 0.29) is 5.92 Å². The Labute approximate surface area is 117 Å². The van der Waals surface area contributed by atoms with Gasteiger partial charge < -0.3 is 15.0 Å². The average molecular weight is 270 g/mol. The first kappa shape index (κ1) is 12.0. The lowest BCUT2D eigenvalue weighted by atomic mass is 9.72. The van der Waals surface area contributed by atoms with Gasteiger partial charge in [0.15, 0.2) is 0 Å². The van der Waals surface area contributed by atoms with E-state index in [9.17, 15) is 9.90 Å². The molecule has 2 aliphatic rings. The third kappa shape index (κ3) is 1.54. The van der Waals surface area contributed by atoms with E-state index in [1.165, 1.54) is 22.0 Å². The SMILES string of the molecule is CN1C[C@H](C(=O)O)CC2c3cccc4[nH]cc(c34)CC21. The number of benzene rings is 1. The zero-order chi connectivity index (χ0) is 13.9. The number of H-pyrrole nitrogens is 1. The van der Waals surface area contributed by atoms with Gasteiger partial charge in [0.2, 0.25) is 0 Å². The standard InChI is InChI=1S/C16H18N2O2/c1-18-8-10(16(19)20)5-12-11-3-2-4-13-15(11)9(7-17-13)6-14(12)18/h2-4,7,10,12,14,17H,5-6,8H2,1H3,(H,19,20)/t10-,12?,14?/m1/s1. The molecule has 0 radical (unpaired) electrons. The van der Waals surface area contributed by atoms with Crippen molar-refractivity contribution in [3.8, 4) is 0 Å². The molecule has 3 atom stereocenters. The molecule has 4 nitrogen and oxygen atoms in total. The lowest BCUT2D eigenvalue weighted by Gasteiger charge is -2.44. The molecule has 4 heteroatoms. The van der Waals surface area contributed by atoms with Gasteiger partial charge in [-0.2, -0.15) is 0 Å². The number of rotatable bonds is 1.